The summed E-state index contributed by atoms with van der Waals surface area (Å²) in [5.74, 6) is 0.0677. The number of nitrogens with two attached hydrogens (primary N) is 1. The van der Waals surface area contributed by atoms with Crippen LogP contribution in [0.15, 0.2) is 53.0 Å². The molecule has 120 valence electrons. The summed E-state index contributed by atoms with van der Waals surface area (Å²) >= 11 is 3.48. The average molecular weight is 373 g/mol. The number of carbonyl (C=O) groups is 1. The van der Waals surface area contributed by atoms with E-state index in [-0.39, 0.29) is 11.3 Å². The van der Waals surface area contributed by atoms with Crippen molar-refractivity contribution >= 4 is 27.5 Å². The van der Waals surface area contributed by atoms with Crippen LogP contribution < -0.4 is 11.1 Å². The highest BCUT2D eigenvalue weighted by atomic mass is 79.9. The van der Waals surface area contributed by atoms with E-state index in [1.807, 2.05) is 24.3 Å². The molecule has 0 atom stereocenters. The highest BCUT2D eigenvalue weighted by Gasteiger charge is 2.38. The lowest BCUT2D eigenvalue weighted by Gasteiger charge is -2.42. The predicted octanol–water partition coefficient (Wildman–Crippen LogP) is 3.81. The lowest BCUT2D eigenvalue weighted by molar-refractivity contribution is -0.120. The molecule has 3 N–H and O–H groups in total. The Bertz CT molecular complexity index is 676. The molecule has 2 aromatic carbocycles. The van der Waals surface area contributed by atoms with Gasteiger partial charge in [0.15, 0.2) is 0 Å². The first kappa shape index (κ1) is 16.1. The van der Waals surface area contributed by atoms with E-state index in [1.54, 1.807) is 0 Å². The van der Waals surface area contributed by atoms with Crippen LogP contribution in [0.1, 0.15) is 30.4 Å². The monoisotopic (exact) mass is 372 g/mol. The second-order valence-corrected chi connectivity index (χ2v) is 7.25. The number of rotatable bonds is 5. The molecule has 1 amide bonds. The van der Waals surface area contributed by atoms with E-state index in [1.165, 1.54) is 12.0 Å². The summed E-state index contributed by atoms with van der Waals surface area (Å²) in [4.78, 5) is 12.2. The molecule has 0 aliphatic heterocycles. The minimum Gasteiger partial charge on any atom is -0.399 e. The first-order valence-electron chi connectivity index (χ1n) is 7.95. The van der Waals surface area contributed by atoms with Gasteiger partial charge in [-0.05, 0) is 48.2 Å². The van der Waals surface area contributed by atoms with Crippen LogP contribution in [0.3, 0.4) is 0 Å². The zero-order valence-corrected chi connectivity index (χ0v) is 14.6. The van der Waals surface area contributed by atoms with Crippen molar-refractivity contribution in [3.63, 3.8) is 0 Å². The van der Waals surface area contributed by atoms with Crippen molar-refractivity contribution in [2.75, 3.05) is 12.3 Å². The van der Waals surface area contributed by atoms with Gasteiger partial charge in [0.05, 0.1) is 6.42 Å². The molecule has 1 aliphatic rings. The number of amides is 1. The molecule has 0 heterocycles. The number of nitrogen functional groups attached to an aromatic ring is 1. The van der Waals surface area contributed by atoms with E-state index in [9.17, 15) is 4.79 Å². The normalized spacial score (nSPS) is 15.7. The fourth-order valence-corrected chi connectivity index (χ4v) is 3.39. The zero-order chi connectivity index (χ0) is 16.3. The fourth-order valence-electron chi connectivity index (χ4n) is 3.13. The third kappa shape index (κ3) is 3.75. The van der Waals surface area contributed by atoms with Gasteiger partial charge in [-0.2, -0.15) is 0 Å². The molecule has 0 bridgehead atoms. The highest BCUT2D eigenvalue weighted by Crippen LogP contribution is 2.43. The van der Waals surface area contributed by atoms with Crippen LogP contribution in [0.25, 0.3) is 0 Å². The first-order valence-corrected chi connectivity index (χ1v) is 8.74. The van der Waals surface area contributed by atoms with Crippen LogP contribution in [-0.2, 0) is 16.6 Å². The van der Waals surface area contributed by atoms with E-state index < -0.39 is 0 Å². The van der Waals surface area contributed by atoms with E-state index in [0.29, 0.717) is 13.0 Å². The maximum atomic E-state index is 12.2. The number of carbonyl (C=O) groups excluding carboxylic acids is 1. The van der Waals surface area contributed by atoms with E-state index in [2.05, 4.69) is 45.5 Å². The summed E-state index contributed by atoms with van der Waals surface area (Å²) in [7, 11) is 0. The van der Waals surface area contributed by atoms with Crippen LogP contribution in [0.5, 0.6) is 0 Å². The zero-order valence-electron chi connectivity index (χ0n) is 13.0. The number of hydrogen-bond acceptors (Lipinski definition) is 2. The van der Waals surface area contributed by atoms with Gasteiger partial charge >= 0.3 is 0 Å². The Morgan fingerprint density at radius 1 is 1.09 bits per heavy atom. The van der Waals surface area contributed by atoms with Crippen LogP contribution in [0.2, 0.25) is 0 Å². The molecular formula is C19H21BrN2O. The standard InChI is InChI=1S/C19H21BrN2O/c20-16-6-4-15(5-7-16)19(10-1-11-19)13-22-18(23)12-14-2-8-17(21)9-3-14/h2-9H,1,10-13,21H2,(H,22,23). The molecule has 1 fully saturated rings. The molecule has 1 saturated carbocycles. The maximum Gasteiger partial charge on any atom is 0.224 e. The second kappa shape index (κ2) is 6.75. The van der Waals surface area contributed by atoms with Crippen molar-refractivity contribution in [2.45, 2.75) is 31.1 Å². The highest BCUT2D eigenvalue weighted by molar-refractivity contribution is 9.10. The Morgan fingerprint density at radius 3 is 2.30 bits per heavy atom. The molecular weight excluding hydrogens is 352 g/mol. The van der Waals surface area contributed by atoms with Gasteiger partial charge in [0.1, 0.15) is 0 Å². The number of nitrogens with one attached hydrogen (secondary N) is 1. The van der Waals surface area contributed by atoms with Crippen molar-refractivity contribution in [1.29, 1.82) is 0 Å². The third-order valence-electron chi connectivity index (χ3n) is 4.74. The largest absolute Gasteiger partial charge is 0.399 e. The summed E-state index contributed by atoms with van der Waals surface area (Å²) in [6.07, 6.45) is 3.90. The first-order chi connectivity index (χ1) is 11.1. The Kier molecular flexibility index (Phi) is 4.71. The lowest BCUT2D eigenvalue weighted by atomic mass is 9.64. The van der Waals surface area contributed by atoms with E-state index in [0.717, 1.165) is 28.6 Å². The fraction of sp³-hybridized carbons (Fsp3) is 0.316. The molecule has 3 nitrogen and oxygen atoms in total. The summed E-state index contributed by atoms with van der Waals surface area (Å²) in [6.45, 7) is 0.711. The minimum absolute atomic E-state index is 0.0677. The quantitative estimate of drug-likeness (QED) is 0.783. The van der Waals surface area contributed by atoms with Crippen LogP contribution >= 0.6 is 15.9 Å². The third-order valence-corrected chi connectivity index (χ3v) is 5.26. The summed E-state index contributed by atoms with van der Waals surface area (Å²) in [5, 5.41) is 3.12. The number of benzene rings is 2. The van der Waals surface area contributed by atoms with Gasteiger partial charge in [-0.15, -0.1) is 0 Å². The van der Waals surface area contributed by atoms with Crippen LogP contribution in [0.4, 0.5) is 5.69 Å². The molecule has 23 heavy (non-hydrogen) atoms. The summed E-state index contributed by atoms with van der Waals surface area (Å²) in [6, 6.07) is 15.9. The van der Waals surface area contributed by atoms with Gasteiger partial charge in [0.25, 0.3) is 0 Å². The molecule has 2 aromatic rings. The van der Waals surface area contributed by atoms with Crippen molar-refractivity contribution in [2.24, 2.45) is 0 Å². The van der Waals surface area contributed by atoms with E-state index in [4.69, 9.17) is 5.73 Å². The van der Waals surface area contributed by atoms with Gasteiger partial charge in [-0.1, -0.05) is 46.6 Å². The topological polar surface area (TPSA) is 55.1 Å². The molecule has 0 saturated heterocycles. The van der Waals surface area contributed by atoms with Gasteiger partial charge < -0.3 is 11.1 Å². The molecule has 0 radical (unpaired) electrons. The Morgan fingerprint density at radius 2 is 1.74 bits per heavy atom. The van der Waals surface area contributed by atoms with Gasteiger partial charge in [-0.25, -0.2) is 0 Å². The predicted molar refractivity (Wildman–Crippen MR) is 97.2 cm³/mol. The van der Waals surface area contributed by atoms with Gasteiger partial charge in [-0.3, -0.25) is 4.79 Å². The lowest BCUT2D eigenvalue weighted by Crippen LogP contribution is -2.45. The van der Waals surface area contributed by atoms with Crippen molar-refractivity contribution < 1.29 is 4.79 Å². The van der Waals surface area contributed by atoms with Crippen molar-refractivity contribution in [1.82, 2.24) is 5.32 Å². The molecule has 0 unspecified atom stereocenters. The molecule has 1 aliphatic carbocycles. The SMILES string of the molecule is Nc1ccc(CC(=O)NCC2(c3ccc(Br)cc3)CCC2)cc1. The molecule has 4 heteroatoms. The maximum absolute atomic E-state index is 12.2. The van der Waals surface area contributed by atoms with Crippen molar-refractivity contribution in [3.05, 3.63) is 64.1 Å². The number of hydrogen-bond donors (Lipinski definition) is 2. The second-order valence-electron chi connectivity index (χ2n) is 6.34. The Labute approximate surface area is 145 Å². The van der Waals surface area contributed by atoms with Crippen LogP contribution in [-0.4, -0.2) is 12.5 Å². The number of halogens is 1. The Balaban J connectivity index is 1.60. The average Bonchev–Trinajstić information content (AvgIpc) is 2.50. The summed E-state index contributed by atoms with van der Waals surface area (Å²) in [5.41, 5.74) is 8.81. The van der Waals surface area contributed by atoms with Gasteiger partial charge in [0, 0.05) is 22.1 Å². The Hall–Kier alpha value is -1.81. The van der Waals surface area contributed by atoms with E-state index >= 15 is 0 Å². The van der Waals surface area contributed by atoms with Crippen molar-refractivity contribution in [3.8, 4) is 0 Å². The number of anilines is 1. The minimum atomic E-state index is 0.0677. The molecule has 0 aromatic heterocycles. The summed E-state index contributed by atoms with van der Waals surface area (Å²) < 4.78 is 1.09. The van der Waals surface area contributed by atoms with Gasteiger partial charge in [0.2, 0.25) is 5.91 Å². The molecule has 3 rings (SSSR count). The smallest absolute Gasteiger partial charge is 0.224 e. The van der Waals surface area contributed by atoms with Crippen LogP contribution in [0, 0.1) is 0 Å². The molecule has 0 spiro atoms.